The first-order valence-electron chi connectivity index (χ1n) is 9.83. The van der Waals surface area contributed by atoms with Gasteiger partial charge in [-0.1, -0.05) is 0 Å². The summed E-state index contributed by atoms with van der Waals surface area (Å²) in [7, 11) is 0. The fraction of sp³-hybridized carbons (Fsp3) is 0.684. The zero-order valence-electron chi connectivity index (χ0n) is 15.7. The maximum Gasteiger partial charge on any atom is 0.267 e. The summed E-state index contributed by atoms with van der Waals surface area (Å²) in [5, 5.41) is 4.42. The molecule has 2 atom stereocenters. The number of carbonyl (C=O) groups excluding carboxylic acids is 2. The first kappa shape index (κ1) is 18.2. The lowest BCUT2D eigenvalue weighted by atomic mass is 10.2. The molecule has 1 saturated carbocycles. The van der Waals surface area contributed by atoms with Gasteiger partial charge in [-0.05, 0) is 38.7 Å². The van der Waals surface area contributed by atoms with E-state index in [1.165, 1.54) is 10.7 Å². The van der Waals surface area contributed by atoms with Crippen LogP contribution in [0.15, 0.2) is 16.9 Å². The SMILES string of the molecule is C[C@@H](C(=O)N1CCN(C(=O)[C@@H]2CCCO2)CC1)n1nc(C2CC2)ccc1=O. The highest BCUT2D eigenvalue weighted by atomic mass is 16.5. The first-order valence-corrected chi connectivity index (χ1v) is 9.83. The van der Waals surface area contributed by atoms with Crippen molar-refractivity contribution in [3.63, 3.8) is 0 Å². The summed E-state index contributed by atoms with van der Waals surface area (Å²) in [5.74, 6) is 0.330. The third kappa shape index (κ3) is 3.76. The number of hydrogen-bond acceptors (Lipinski definition) is 5. The van der Waals surface area contributed by atoms with E-state index in [2.05, 4.69) is 5.10 Å². The third-order valence-electron chi connectivity index (χ3n) is 5.67. The number of amides is 2. The minimum atomic E-state index is -0.642. The molecule has 2 saturated heterocycles. The van der Waals surface area contributed by atoms with Crippen molar-refractivity contribution >= 4 is 11.8 Å². The van der Waals surface area contributed by atoms with Crippen molar-refractivity contribution in [2.45, 2.75) is 50.7 Å². The molecule has 27 heavy (non-hydrogen) atoms. The van der Waals surface area contributed by atoms with Gasteiger partial charge in [0.15, 0.2) is 0 Å². The van der Waals surface area contributed by atoms with Crippen molar-refractivity contribution in [2.75, 3.05) is 32.8 Å². The molecular weight excluding hydrogens is 348 g/mol. The number of ether oxygens (including phenoxy) is 1. The standard InChI is InChI=1S/C19H26N4O4/c1-13(23-17(24)7-6-15(20-23)14-4-5-14)18(25)21-8-10-22(11-9-21)19(26)16-3-2-12-27-16/h6-7,13-14,16H,2-5,8-12H2,1H3/t13-,16-/m0/s1. The van der Waals surface area contributed by atoms with Gasteiger partial charge in [-0.15, -0.1) is 0 Å². The van der Waals surface area contributed by atoms with Crippen molar-refractivity contribution in [3.8, 4) is 0 Å². The fourth-order valence-electron chi connectivity index (χ4n) is 3.81. The van der Waals surface area contributed by atoms with E-state index in [9.17, 15) is 14.4 Å². The summed E-state index contributed by atoms with van der Waals surface area (Å²) in [6.07, 6.45) is 3.57. The number of nitrogens with zero attached hydrogens (tertiary/aromatic N) is 4. The Bertz CT molecular complexity index is 774. The second-order valence-corrected chi connectivity index (χ2v) is 7.64. The van der Waals surface area contributed by atoms with Gasteiger partial charge >= 0.3 is 0 Å². The van der Waals surface area contributed by atoms with Gasteiger partial charge in [0.25, 0.3) is 11.5 Å². The minimum Gasteiger partial charge on any atom is -0.368 e. The zero-order valence-corrected chi connectivity index (χ0v) is 15.7. The van der Waals surface area contributed by atoms with Gasteiger partial charge in [0.05, 0.1) is 5.69 Å². The van der Waals surface area contributed by atoms with E-state index in [0.717, 1.165) is 31.4 Å². The van der Waals surface area contributed by atoms with Crippen molar-refractivity contribution < 1.29 is 14.3 Å². The van der Waals surface area contributed by atoms with Gasteiger partial charge in [-0.25, -0.2) is 4.68 Å². The number of rotatable bonds is 4. The topological polar surface area (TPSA) is 84.7 Å². The molecule has 0 bridgehead atoms. The van der Waals surface area contributed by atoms with Crippen molar-refractivity contribution in [2.24, 2.45) is 0 Å². The van der Waals surface area contributed by atoms with Crippen LogP contribution in [-0.2, 0) is 14.3 Å². The van der Waals surface area contributed by atoms with Gasteiger partial charge in [0.2, 0.25) is 5.91 Å². The Labute approximate surface area is 158 Å². The Morgan fingerprint density at radius 3 is 2.44 bits per heavy atom. The van der Waals surface area contributed by atoms with Crippen molar-refractivity contribution in [1.29, 1.82) is 0 Å². The average Bonchev–Trinajstić information content (AvgIpc) is 3.40. The molecule has 1 aromatic rings. The largest absolute Gasteiger partial charge is 0.368 e. The van der Waals surface area contributed by atoms with Gasteiger partial charge in [-0.3, -0.25) is 14.4 Å². The molecule has 146 valence electrons. The van der Waals surface area contributed by atoms with Gasteiger partial charge in [-0.2, -0.15) is 5.10 Å². The molecule has 8 nitrogen and oxygen atoms in total. The van der Waals surface area contributed by atoms with E-state index in [4.69, 9.17) is 4.74 Å². The van der Waals surface area contributed by atoms with Crippen molar-refractivity contribution in [3.05, 3.63) is 28.2 Å². The first-order chi connectivity index (χ1) is 13.0. The van der Waals surface area contributed by atoms with Crippen LogP contribution in [0, 0.1) is 0 Å². The predicted octanol–water partition coefficient (Wildman–Crippen LogP) is 0.532. The van der Waals surface area contributed by atoms with Gasteiger partial charge < -0.3 is 14.5 Å². The van der Waals surface area contributed by atoms with Crippen LogP contribution in [0.3, 0.4) is 0 Å². The molecule has 3 heterocycles. The lowest BCUT2D eigenvalue weighted by molar-refractivity contribution is -0.147. The molecule has 0 unspecified atom stereocenters. The Hall–Kier alpha value is -2.22. The zero-order chi connectivity index (χ0) is 19.0. The van der Waals surface area contributed by atoms with Crippen molar-refractivity contribution in [1.82, 2.24) is 19.6 Å². The number of carbonyl (C=O) groups is 2. The smallest absolute Gasteiger partial charge is 0.267 e. The molecule has 1 aromatic heterocycles. The maximum atomic E-state index is 12.9. The Kier molecular flexibility index (Phi) is 4.99. The molecule has 0 aromatic carbocycles. The van der Waals surface area contributed by atoms with E-state index < -0.39 is 6.04 Å². The van der Waals surface area contributed by atoms with E-state index in [-0.39, 0.29) is 23.5 Å². The van der Waals surface area contributed by atoms with Crippen LogP contribution < -0.4 is 5.56 Å². The molecule has 2 amide bonds. The molecule has 8 heteroatoms. The summed E-state index contributed by atoms with van der Waals surface area (Å²) in [6.45, 7) is 4.31. The van der Waals surface area contributed by atoms with Crippen LogP contribution in [0.25, 0.3) is 0 Å². The molecule has 3 fully saturated rings. The highest BCUT2D eigenvalue weighted by Gasteiger charge is 2.33. The van der Waals surface area contributed by atoms with Crippen LogP contribution >= 0.6 is 0 Å². The summed E-state index contributed by atoms with van der Waals surface area (Å²) < 4.78 is 6.77. The summed E-state index contributed by atoms with van der Waals surface area (Å²) in [6, 6.07) is 2.63. The molecule has 3 aliphatic rings. The summed E-state index contributed by atoms with van der Waals surface area (Å²) in [4.78, 5) is 41.0. The normalized spacial score (nSPS) is 24.1. The van der Waals surface area contributed by atoms with E-state index >= 15 is 0 Å². The van der Waals surface area contributed by atoms with E-state index in [1.807, 2.05) is 0 Å². The molecule has 4 rings (SSSR count). The Morgan fingerprint density at radius 2 is 1.81 bits per heavy atom. The highest BCUT2D eigenvalue weighted by molar-refractivity contribution is 5.82. The minimum absolute atomic E-state index is 0.0302. The fourth-order valence-corrected chi connectivity index (χ4v) is 3.81. The molecule has 2 aliphatic heterocycles. The number of hydrogen-bond donors (Lipinski definition) is 0. The number of aromatic nitrogens is 2. The molecule has 0 N–H and O–H groups in total. The van der Waals surface area contributed by atoms with Gasteiger partial charge in [0.1, 0.15) is 12.1 Å². The Morgan fingerprint density at radius 1 is 1.11 bits per heavy atom. The van der Waals surface area contributed by atoms with E-state index in [0.29, 0.717) is 38.7 Å². The average molecular weight is 374 g/mol. The van der Waals surface area contributed by atoms with Crippen LogP contribution in [0.2, 0.25) is 0 Å². The molecule has 0 spiro atoms. The molecule has 1 aliphatic carbocycles. The van der Waals surface area contributed by atoms with Crippen LogP contribution in [0.1, 0.15) is 50.3 Å². The lowest BCUT2D eigenvalue weighted by Crippen LogP contribution is -2.54. The van der Waals surface area contributed by atoms with Gasteiger partial charge in [0, 0.05) is 44.8 Å². The summed E-state index contributed by atoms with van der Waals surface area (Å²) in [5.41, 5.74) is 0.633. The van der Waals surface area contributed by atoms with Crippen LogP contribution in [0.5, 0.6) is 0 Å². The van der Waals surface area contributed by atoms with Crippen LogP contribution in [-0.4, -0.2) is 70.3 Å². The van der Waals surface area contributed by atoms with E-state index in [1.54, 1.807) is 22.8 Å². The van der Waals surface area contributed by atoms with Crippen LogP contribution in [0.4, 0.5) is 0 Å². The monoisotopic (exact) mass is 374 g/mol. The second kappa shape index (κ2) is 7.42. The quantitative estimate of drug-likeness (QED) is 0.768. The predicted molar refractivity (Wildman–Crippen MR) is 97.3 cm³/mol. The lowest BCUT2D eigenvalue weighted by Gasteiger charge is -2.36. The number of piperazine rings is 1. The molecule has 0 radical (unpaired) electrons. The molecular formula is C19H26N4O4. The maximum absolute atomic E-state index is 12.9. The highest BCUT2D eigenvalue weighted by Crippen LogP contribution is 2.38. The second-order valence-electron chi connectivity index (χ2n) is 7.64. The summed E-state index contributed by atoms with van der Waals surface area (Å²) >= 11 is 0. The third-order valence-corrected chi connectivity index (χ3v) is 5.67. The Balaban J connectivity index is 1.38.